The number of hydrogen-bond acceptors (Lipinski definition) is 7. The van der Waals surface area contributed by atoms with Crippen molar-refractivity contribution in [1.82, 2.24) is 5.32 Å². The molecule has 0 aliphatic heterocycles. The van der Waals surface area contributed by atoms with Gasteiger partial charge in [-0.25, -0.2) is 4.79 Å². The fourth-order valence-electron chi connectivity index (χ4n) is 2.46. The van der Waals surface area contributed by atoms with Gasteiger partial charge in [-0.2, -0.15) is 0 Å². The number of ether oxygens (including phenoxy) is 3. The van der Waals surface area contributed by atoms with E-state index in [2.05, 4.69) is 5.32 Å². The quantitative estimate of drug-likeness (QED) is 0.543. The summed E-state index contributed by atoms with van der Waals surface area (Å²) < 4.78 is 15.7. The third-order valence-electron chi connectivity index (χ3n) is 3.96. The van der Waals surface area contributed by atoms with Crippen LogP contribution in [0.15, 0.2) is 42.5 Å². The van der Waals surface area contributed by atoms with Crippen LogP contribution in [-0.2, 0) is 4.79 Å². The standard InChI is InChI=1S/C22H27NO6/c1-14(24)28-19-11-8-16(18(25)13-23-22(2,3)4)12-20(19)29-21(26)15-6-9-17(27-5)10-7-15/h6-12,18,23,25H,13H2,1-5H3. The first-order chi connectivity index (χ1) is 13.6. The predicted molar refractivity (Wildman–Crippen MR) is 108 cm³/mol. The van der Waals surface area contributed by atoms with Crippen LogP contribution in [0, 0.1) is 0 Å². The molecule has 0 amide bonds. The van der Waals surface area contributed by atoms with Gasteiger partial charge < -0.3 is 24.6 Å². The number of rotatable bonds is 7. The van der Waals surface area contributed by atoms with Gasteiger partial charge in [-0.1, -0.05) is 6.07 Å². The highest BCUT2D eigenvalue weighted by molar-refractivity contribution is 5.91. The molecule has 1 atom stereocenters. The van der Waals surface area contributed by atoms with Crippen molar-refractivity contribution in [2.24, 2.45) is 0 Å². The Kier molecular flexibility index (Phi) is 7.36. The molecule has 0 bridgehead atoms. The minimum Gasteiger partial charge on any atom is -0.497 e. The van der Waals surface area contributed by atoms with Gasteiger partial charge in [0, 0.05) is 19.0 Å². The number of aliphatic hydroxyl groups is 1. The van der Waals surface area contributed by atoms with Crippen LogP contribution in [-0.4, -0.2) is 36.2 Å². The van der Waals surface area contributed by atoms with E-state index in [0.717, 1.165) is 0 Å². The molecule has 0 aliphatic carbocycles. The van der Waals surface area contributed by atoms with E-state index in [9.17, 15) is 14.7 Å². The minimum absolute atomic E-state index is 0.0494. The molecule has 2 aromatic rings. The second-order valence-corrected chi connectivity index (χ2v) is 7.56. The molecule has 0 radical (unpaired) electrons. The summed E-state index contributed by atoms with van der Waals surface area (Å²) in [6.45, 7) is 7.54. The highest BCUT2D eigenvalue weighted by Crippen LogP contribution is 2.32. The highest BCUT2D eigenvalue weighted by Gasteiger charge is 2.19. The van der Waals surface area contributed by atoms with Gasteiger partial charge >= 0.3 is 11.9 Å². The second-order valence-electron chi connectivity index (χ2n) is 7.56. The van der Waals surface area contributed by atoms with Gasteiger partial charge in [0.25, 0.3) is 0 Å². The molecule has 0 fully saturated rings. The average Bonchev–Trinajstić information content (AvgIpc) is 2.66. The van der Waals surface area contributed by atoms with Crippen molar-refractivity contribution >= 4 is 11.9 Å². The molecule has 0 spiro atoms. The Morgan fingerprint density at radius 1 is 1.03 bits per heavy atom. The average molecular weight is 401 g/mol. The largest absolute Gasteiger partial charge is 0.497 e. The minimum atomic E-state index is -0.834. The van der Waals surface area contributed by atoms with Crippen molar-refractivity contribution < 1.29 is 28.9 Å². The lowest BCUT2D eigenvalue weighted by molar-refractivity contribution is -0.132. The summed E-state index contributed by atoms with van der Waals surface area (Å²) in [7, 11) is 1.53. The van der Waals surface area contributed by atoms with E-state index < -0.39 is 18.0 Å². The predicted octanol–water partition coefficient (Wildman–Crippen LogP) is 3.26. The zero-order valence-electron chi connectivity index (χ0n) is 17.3. The van der Waals surface area contributed by atoms with Crippen LogP contribution in [0.2, 0.25) is 0 Å². The first kappa shape index (κ1) is 22.4. The molecule has 29 heavy (non-hydrogen) atoms. The summed E-state index contributed by atoms with van der Waals surface area (Å²) in [4.78, 5) is 23.9. The molecule has 0 aromatic heterocycles. The number of β-amino-alcohol motifs (C(OH)–C–C–N with tert-alkyl or cyclic N) is 1. The lowest BCUT2D eigenvalue weighted by Gasteiger charge is -2.23. The highest BCUT2D eigenvalue weighted by atomic mass is 16.6. The summed E-state index contributed by atoms with van der Waals surface area (Å²) in [5.74, 6) is -0.416. The number of carbonyl (C=O) groups is 2. The topological polar surface area (TPSA) is 94.1 Å². The van der Waals surface area contributed by atoms with Crippen LogP contribution in [0.3, 0.4) is 0 Å². The van der Waals surface area contributed by atoms with Gasteiger partial charge in [0.05, 0.1) is 18.8 Å². The maximum absolute atomic E-state index is 12.5. The molecule has 2 rings (SSSR count). The van der Waals surface area contributed by atoms with Crippen LogP contribution in [0.4, 0.5) is 0 Å². The zero-order chi connectivity index (χ0) is 21.6. The maximum atomic E-state index is 12.5. The van der Waals surface area contributed by atoms with E-state index in [-0.39, 0.29) is 17.0 Å². The lowest BCUT2D eigenvalue weighted by atomic mass is 10.1. The Hall–Kier alpha value is -2.90. The molecule has 0 aliphatic rings. The molecule has 0 saturated carbocycles. The zero-order valence-corrected chi connectivity index (χ0v) is 17.3. The number of methoxy groups -OCH3 is 1. The maximum Gasteiger partial charge on any atom is 0.343 e. The third-order valence-corrected chi connectivity index (χ3v) is 3.96. The molecular weight excluding hydrogens is 374 g/mol. The van der Waals surface area contributed by atoms with Crippen LogP contribution in [0.25, 0.3) is 0 Å². The molecule has 1 unspecified atom stereocenters. The van der Waals surface area contributed by atoms with Gasteiger partial charge in [-0.05, 0) is 62.7 Å². The lowest BCUT2D eigenvalue weighted by Crippen LogP contribution is -2.38. The molecule has 0 heterocycles. The van der Waals surface area contributed by atoms with E-state index in [1.54, 1.807) is 30.3 Å². The van der Waals surface area contributed by atoms with Gasteiger partial charge in [0.15, 0.2) is 11.5 Å². The first-order valence-corrected chi connectivity index (χ1v) is 9.21. The first-order valence-electron chi connectivity index (χ1n) is 9.21. The number of nitrogens with one attached hydrogen (secondary N) is 1. The molecule has 7 heteroatoms. The molecule has 0 saturated heterocycles. The van der Waals surface area contributed by atoms with E-state index in [0.29, 0.717) is 23.4 Å². The fraction of sp³-hybridized carbons (Fsp3) is 0.364. The van der Waals surface area contributed by atoms with E-state index in [1.807, 2.05) is 20.8 Å². The van der Waals surface area contributed by atoms with E-state index >= 15 is 0 Å². The normalized spacial score (nSPS) is 12.2. The Labute approximate surface area is 170 Å². The van der Waals surface area contributed by atoms with Crippen LogP contribution in [0.5, 0.6) is 17.2 Å². The van der Waals surface area contributed by atoms with E-state index in [1.165, 1.54) is 26.2 Å². The summed E-state index contributed by atoms with van der Waals surface area (Å²) in [6, 6.07) is 11.0. The van der Waals surface area contributed by atoms with Crippen LogP contribution >= 0.6 is 0 Å². The number of benzene rings is 2. The number of aliphatic hydroxyl groups excluding tert-OH is 1. The number of carbonyl (C=O) groups excluding carboxylic acids is 2. The summed E-state index contributed by atoms with van der Waals surface area (Å²) in [5, 5.41) is 13.7. The Morgan fingerprint density at radius 3 is 2.24 bits per heavy atom. The van der Waals surface area contributed by atoms with Crippen molar-refractivity contribution in [1.29, 1.82) is 0 Å². The van der Waals surface area contributed by atoms with Crippen molar-refractivity contribution in [3.05, 3.63) is 53.6 Å². The van der Waals surface area contributed by atoms with Crippen LogP contribution in [0.1, 0.15) is 49.7 Å². The van der Waals surface area contributed by atoms with Gasteiger partial charge in [-0.15, -0.1) is 0 Å². The molecule has 156 valence electrons. The Balaban J connectivity index is 2.25. The molecule has 7 nitrogen and oxygen atoms in total. The Bertz CT molecular complexity index is 855. The number of esters is 2. The van der Waals surface area contributed by atoms with Gasteiger partial charge in [-0.3, -0.25) is 4.79 Å². The Morgan fingerprint density at radius 2 is 1.69 bits per heavy atom. The molecular formula is C22H27NO6. The van der Waals surface area contributed by atoms with Crippen molar-refractivity contribution in [3.63, 3.8) is 0 Å². The van der Waals surface area contributed by atoms with Crippen molar-refractivity contribution in [2.45, 2.75) is 39.3 Å². The summed E-state index contributed by atoms with van der Waals surface area (Å²) >= 11 is 0. The van der Waals surface area contributed by atoms with Gasteiger partial charge in [0.1, 0.15) is 5.75 Å². The molecule has 2 aromatic carbocycles. The molecule has 2 N–H and O–H groups in total. The second kappa shape index (κ2) is 9.54. The summed E-state index contributed by atoms with van der Waals surface area (Å²) in [5.41, 5.74) is 0.664. The SMILES string of the molecule is COc1ccc(C(=O)Oc2cc(C(O)CNC(C)(C)C)ccc2OC(C)=O)cc1. The smallest absolute Gasteiger partial charge is 0.343 e. The van der Waals surface area contributed by atoms with Gasteiger partial charge in [0.2, 0.25) is 0 Å². The van der Waals surface area contributed by atoms with E-state index in [4.69, 9.17) is 14.2 Å². The van der Waals surface area contributed by atoms with Crippen molar-refractivity contribution in [2.75, 3.05) is 13.7 Å². The van der Waals surface area contributed by atoms with Crippen molar-refractivity contribution in [3.8, 4) is 17.2 Å². The van der Waals surface area contributed by atoms with Crippen LogP contribution < -0.4 is 19.5 Å². The fourth-order valence-corrected chi connectivity index (χ4v) is 2.46. The number of hydrogen-bond donors (Lipinski definition) is 2. The summed E-state index contributed by atoms with van der Waals surface area (Å²) in [6.07, 6.45) is -0.834. The monoisotopic (exact) mass is 401 g/mol. The third kappa shape index (κ3) is 6.89.